The smallest absolute Gasteiger partial charge is 0.0590 e. The highest BCUT2D eigenvalue weighted by molar-refractivity contribution is 4.76. The zero-order valence-electron chi connectivity index (χ0n) is 7.46. The monoisotopic (exact) mass is 142 g/mol. The lowest BCUT2D eigenvalue weighted by atomic mass is 10.1. The van der Waals surface area contributed by atoms with Crippen LogP contribution in [0.5, 0.6) is 0 Å². The fraction of sp³-hybridized carbons (Fsp3) is 1.00. The van der Waals surface area contributed by atoms with E-state index in [1.165, 1.54) is 13.0 Å². The van der Waals surface area contributed by atoms with Crippen molar-refractivity contribution in [2.24, 2.45) is 0 Å². The van der Waals surface area contributed by atoms with Gasteiger partial charge >= 0.3 is 0 Å². The van der Waals surface area contributed by atoms with Gasteiger partial charge in [-0.05, 0) is 34.4 Å². The summed E-state index contributed by atoms with van der Waals surface area (Å²) in [6.07, 6.45) is 1.92. The van der Waals surface area contributed by atoms with Crippen molar-refractivity contribution in [3.05, 3.63) is 0 Å². The molecule has 2 heteroatoms. The largest absolute Gasteiger partial charge is 0.291 e. The van der Waals surface area contributed by atoms with Crippen molar-refractivity contribution >= 4 is 0 Å². The lowest BCUT2D eigenvalue weighted by Gasteiger charge is -2.42. The van der Waals surface area contributed by atoms with Crippen LogP contribution in [0.3, 0.4) is 0 Å². The highest BCUT2D eigenvalue weighted by Crippen LogP contribution is 2.15. The van der Waals surface area contributed by atoms with Crippen molar-refractivity contribution in [2.45, 2.75) is 32.5 Å². The van der Waals surface area contributed by atoms with Crippen molar-refractivity contribution in [2.75, 3.05) is 20.6 Å². The summed E-state index contributed by atoms with van der Waals surface area (Å²) < 4.78 is 0. The first-order valence-electron chi connectivity index (χ1n) is 4.05. The Bertz CT molecular complexity index is 99.8. The molecule has 0 spiro atoms. The van der Waals surface area contributed by atoms with Gasteiger partial charge in [0.1, 0.15) is 0 Å². The summed E-state index contributed by atoms with van der Waals surface area (Å²) in [5, 5.41) is 0. The molecule has 0 aromatic rings. The molecule has 2 nitrogen and oxygen atoms in total. The lowest BCUT2D eigenvalue weighted by molar-refractivity contribution is 0.0189. The molecule has 0 aliphatic carbocycles. The molecular weight excluding hydrogens is 124 g/mol. The van der Waals surface area contributed by atoms with Gasteiger partial charge in [0.25, 0.3) is 0 Å². The summed E-state index contributed by atoms with van der Waals surface area (Å²) in [5.41, 5.74) is 0. The molecule has 10 heavy (non-hydrogen) atoms. The molecule has 0 aromatic heterocycles. The fourth-order valence-corrected chi connectivity index (χ4v) is 1.46. The Labute approximate surface area is 63.8 Å². The summed E-state index contributed by atoms with van der Waals surface area (Å²) in [7, 11) is 4.39. The molecule has 1 rings (SSSR count). The third-order valence-electron chi connectivity index (χ3n) is 2.82. The Balaban J connectivity index is 2.52. The van der Waals surface area contributed by atoms with E-state index >= 15 is 0 Å². The van der Waals surface area contributed by atoms with E-state index in [0.717, 1.165) is 6.04 Å². The summed E-state index contributed by atoms with van der Waals surface area (Å²) in [4.78, 5) is 4.81. The van der Waals surface area contributed by atoms with Crippen LogP contribution in [0.4, 0.5) is 0 Å². The third kappa shape index (κ3) is 1.32. The van der Waals surface area contributed by atoms with Crippen LogP contribution in [0.2, 0.25) is 0 Å². The van der Waals surface area contributed by atoms with Crippen LogP contribution in [-0.2, 0) is 0 Å². The summed E-state index contributed by atoms with van der Waals surface area (Å²) in [6, 6.07) is 0.756. The molecule has 1 aliphatic heterocycles. The van der Waals surface area contributed by atoms with Gasteiger partial charge in [-0.25, -0.2) is 0 Å². The van der Waals surface area contributed by atoms with Gasteiger partial charge < -0.3 is 0 Å². The minimum atomic E-state index is 0.615. The Morgan fingerprint density at radius 3 is 2.30 bits per heavy atom. The highest BCUT2D eigenvalue weighted by Gasteiger charge is 2.24. The molecule has 0 amide bonds. The predicted molar refractivity (Wildman–Crippen MR) is 43.9 cm³/mol. The number of rotatable bonds is 0. The first-order valence-corrected chi connectivity index (χ1v) is 4.05. The van der Waals surface area contributed by atoms with Crippen LogP contribution in [0.1, 0.15) is 20.3 Å². The van der Waals surface area contributed by atoms with E-state index in [1.54, 1.807) is 0 Å². The number of hydrogen-bond acceptors (Lipinski definition) is 2. The van der Waals surface area contributed by atoms with Crippen LogP contribution in [-0.4, -0.2) is 42.6 Å². The minimum absolute atomic E-state index is 0.615. The summed E-state index contributed by atoms with van der Waals surface area (Å²) in [6.45, 7) is 5.80. The van der Waals surface area contributed by atoms with E-state index in [9.17, 15) is 0 Å². The number of nitrogens with zero attached hydrogens (tertiary/aromatic N) is 2. The molecule has 1 heterocycles. The molecule has 60 valence electrons. The average Bonchev–Trinajstić information content (AvgIpc) is 1.93. The molecule has 0 bridgehead atoms. The fourth-order valence-electron chi connectivity index (χ4n) is 1.46. The second kappa shape index (κ2) is 2.89. The molecule has 0 radical (unpaired) electrons. The van der Waals surface area contributed by atoms with Crippen molar-refractivity contribution in [1.82, 2.24) is 9.80 Å². The third-order valence-corrected chi connectivity index (χ3v) is 2.82. The second-order valence-electron chi connectivity index (χ2n) is 3.42. The van der Waals surface area contributed by atoms with Crippen molar-refractivity contribution in [3.8, 4) is 0 Å². The molecular formula is C8H18N2. The van der Waals surface area contributed by atoms with Crippen LogP contribution >= 0.6 is 0 Å². The molecule has 1 aliphatic rings. The zero-order chi connectivity index (χ0) is 7.72. The molecule has 1 unspecified atom stereocenters. The normalized spacial score (nSPS) is 38.4. The van der Waals surface area contributed by atoms with Gasteiger partial charge in [-0.15, -0.1) is 0 Å². The molecule has 1 saturated heterocycles. The Kier molecular flexibility index (Phi) is 2.32. The summed E-state index contributed by atoms with van der Waals surface area (Å²) >= 11 is 0. The SMILES string of the molecule is CC1N(C)CC[C@H](C)N1C. The Morgan fingerprint density at radius 1 is 1.20 bits per heavy atom. The lowest BCUT2D eigenvalue weighted by Crippen LogP contribution is -2.52. The molecule has 0 saturated carbocycles. The van der Waals surface area contributed by atoms with Crippen LogP contribution in [0.15, 0.2) is 0 Å². The average molecular weight is 142 g/mol. The van der Waals surface area contributed by atoms with Gasteiger partial charge in [-0.1, -0.05) is 0 Å². The van der Waals surface area contributed by atoms with Crippen molar-refractivity contribution in [1.29, 1.82) is 0 Å². The van der Waals surface area contributed by atoms with E-state index in [2.05, 4.69) is 37.7 Å². The zero-order valence-corrected chi connectivity index (χ0v) is 7.46. The van der Waals surface area contributed by atoms with Gasteiger partial charge in [-0.2, -0.15) is 0 Å². The maximum Gasteiger partial charge on any atom is 0.0590 e. The molecule has 2 atom stereocenters. The topological polar surface area (TPSA) is 6.48 Å². The summed E-state index contributed by atoms with van der Waals surface area (Å²) in [5.74, 6) is 0. The van der Waals surface area contributed by atoms with Gasteiger partial charge in [-0.3, -0.25) is 9.80 Å². The van der Waals surface area contributed by atoms with Crippen molar-refractivity contribution in [3.63, 3.8) is 0 Å². The van der Waals surface area contributed by atoms with Crippen LogP contribution in [0.25, 0.3) is 0 Å². The van der Waals surface area contributed by atoms with Gasteiger partial charge in [0.05, 0.1) is 6.17 Å². The van der Waals surface area contributed by atoms with E-state index in [0.29, 0.717) is 6.17 Å². The van der Waals surface area contributed by atoms with Crippen LogP contribution < -0.4 is 0 Å². The van der Waals surface area contributed by atoms with Gasteiger partial charge in [0.15, 0.2) is 0 Å². The standard InChI is InChI=1S/C8H18N2/c1-7-5-6-9(3)8(2)10(7)4/h7-8H,5-6H2,1-4H3/t7-,8?/m0/s1. The van der Waals surface area contributed by atoms with Gasteiger partial charge in [0.2, 0.25) is 0 Å². The Hall–Kier alpha value is -0.0800. The van der Waals surface area contributed by atoms with E-state index < -0.39 is 0 Å². The maximum absolute atomic E-state index is 2.42. The minimum Gasteiger partial charge on any atom is -0.291 e. The van der Waals surface area contributed by atoms with Gasteiger partial charge in [0, 0.05) is 12.6 Å². The first-order chi connectivity index (χ1) is 4.63. The second-order valence-corrected chi connectivity index (χ2v) is 3.42. The Morgan fingerprint density at radius 2 is 1.80 bits per heavy atom. The predicted octanol–water partition coefficient (Wildman–Crippen LogP) is 0.988. The molecule has 1 fully saturated rings. The molecule has 0 N–H and O–H groups in total. The van der Waals surface area contributed by atoms with E-state index in [4.69, 9.17) is 0 Å². The number of hydrogen-bond donors (Lipinski definition) is 0. The highest BCUT2D eigenvalue weighted by atomic mass is 15.4. The first kappa shape index (κ1) is 8.02. The van der Waals surface area contributed by atoms with E-state index in [1.807, 2.05) is 0 Å². The van der Waals surface area contributed by atoms with Crippen LogP contribution in [0, 0.1) is 0 Å². The van der Waals surface area contributed by atoms with Crippen molar-refractivity contribution < 1.29 is 0 Å². The quantitative estimate of drug-likeness (QED) is 0.497. The van der Waals surface area contributed by atoms with E-state index in [-0.39, 0.29) is 0 Å². The maximum atomic E-state index is 2.42. The molecule has 0 aromatic carbocycles.